The van der Waals surface area contributed by atoms with Gasteiger partial charge in [-0.1, -0.05) is 0 Å². The summed E-state index contributed by atoms with van der Waals surface area (Å²) in [5, 5.41) is 3.32. The van der Waals surface area contributed by atoms with E-state index in [1.54, 1.807) is 21.2 Å². The average molecular weight is 264 g/mol. The number of ether oxygens (including phenoxy) is 1. The van der Waals surface area contributed by atoms with E-state index in [0.717, 1.165) is 25.7 Å². The summed E-state index contributed by atoms with van der Waals surface area (Å²) in [6.45, 7) is 0.531. The maximum absolute atomic E-state index is 11.5. The van der Waals surface area contributed by atoms with Crippen molar-refractivity contribution in [3.63, 3.8) is 0 Å². The zero-order valence-corrected chi connectivity index (χ0v) is 11.8. The molecule has 5 nitrogen and oxygen atoms in total. The summed E-state index contributed by atoms with van der Waals surface area (Å²) in [4.78, 5) is 0. The highest BCUT2D eigenvalue weighted by molar-refractivity contribution is 7.89. The van der Waals surface area contributed by atoms with Gasteiger partial charge in [0, 0.05) is 33.8 Å². The summed E-state index contributed by atoms with van der Waals surface area (Å²) in [5.74, 6) is 0.171. The lowest BCUT2D eigenvalue weighted by molar-refractivity contribution is 0.0628. The van der Waals surface area contributed by atoms with Crippen LogP contribution in [0.2, 0.25) is 0 Å². The van der Waals surface area contributed by atoms with Crippen LogP contribution >= 0.6 is 0 Å². The van der Waals surface area contributed by atoms with Gasteiger partial charge >= 0.3 is 0 Å². The Morgan fingerprint density at radius 2 is 1.82 bits per heavy atom. The third-order valence-electron chi connectivity index (χ3n) is 3.36. The highest BCUT2D eigenvalue weighted by Gasteiger charge is 2.21. The topological polar surface area (TPSA) is 58.6 Å². The second-order valence-electron chi connectivity index (χ2n) is 4.76. The van der Waals surface area contributed by atoms with E-state index in [-0.39, 0.29) is 5.75 Å². The van der Waals surface area contributed by atoms with Crippen molar-refractivity contribution < 1.29 is 13.2 Å². The van der Waals surface area contributed by atoms with Crippen LogP contribution in [0.15, 0.2) is 0 Å². The fourth-order valence-corrected chi connectivity index (χ4v) is 2.82. The summed E-state index contributed by atoms with van der Waals surface area (Å²) in [7, 11) is 1.82. The summed E-state index contributed by atoms with van der Waals surface area (Å²) in [6.07, 6.45) is 4.66. The first-order valence-corrected chi connectivity index (χ1v) is 7.73. The van der Waals surface area contributed by atoms with Gasteiger partial charge in [0.1, 0.15) is 0 Å². The van der Waals surface area contributed by atoms with Crippen LogP contribution in [0.1, 0.15) is 25.7 Å². The fraction of sp³-hybridized carbons (Fsp3) is 1.00. The summed E-state index contributed by atoms with van der Waals surface area (Å²) in [6, 6.07) is 0.443. The lowest BCUT2D eigenvalue weighted by Gasteiger charge is -2.28. The Hall–Kier alpha value is -0.170. The molecule has 1 aliphatic rings. The fourth-order valence-electron chi connectivity index (χ4n) is 2.08. The number of hydrogen-bond acceptors (Lipinski definition) is 4. The summed E-state index contributed by atoms with van der Waals surface area (Å²) in [5.41, 5.74) is 0. The third kappa shape index (κ3) is 4.91. The van der Waals surface area contributed by atoms with Crippen molar-refractivity contribution in [2.75, 3.05) is 33.5 Å². The van der Waals surface area contributed by atoms with Gasteiger partial charge < -0.3 is 10.1 Å². The monoisotopic (exact) mass is 264 g/mol. The van der Waals surface area contributed by atoms with Crippen molar-refractivity contribution in [1.82, 2.24) is 9.62 Å². The van der Waals surface area contributed by atoms with Gasteiger partial charge in [-0.05, 0) is 25.7 Å². The molecule has 0 aromatic heterocycles. The molecule has 1 fully saturated rings. The number of methoxy groups -OCH3 is 1. The Balaban J connectivity index is 2.20. The molecule has 1 rings (SSSR count). The minimum Gasteiger partial charge on any atom is -0.381 e. The number of hydrogen-bond donors (Lipinski definition) is 1. The molecule has 0 saturated heterocycles. The number of nitrogens with zero attached hydrogens (tertiary/aromatic N) is 1. The normalized spacial score (nSPS) is 26.4. The van der Waals surface area contributed by atoms with Gasteiger partial charge in [-0.15, -0.1) is 0 Å². The second kappa shape index (κ2) is 6.68. The van der Waals surface area contributed by atoms with E-state index < -0.39 is 10.0 Å². The lowest BCUT2D eigenvalue weighted by atomic mass is 9.93. The SMILES string of the molecule is COC1CCC(NCCS(=O)(=O)N(C)C)CC1. The highest BCUT2D eigenvalue weighted by Crippen LogP contribution is 2.20. The van der Waals surface area contributed by atoms with Gasteiger partial charge in [0.25, 0.3) is 0 Å². The molecule has 0 unspecified atom stereocenters. The molecule has 17 heavy (non-hydrogen) atoms. The Bertz CT molecular complexity index is 309. The molecule has 0 aliphatic heterocycles. The molecular weight excluding hydrogens is 240 g/mol. The molecule has 1 saturated carbocycles. The van der Waals surface area contributed by atoms with E-state index in [4.69, 9.17) is 4.74 Å². The van der Waals surface area contributed by atoms with E-state index in [0.29, 0.717) is 18.7 Å². The van der Waals surface area contributed by atoms with E-state index in [1.165, 1.54) is 4.31 Å². The van der Waals surface area contributed by atoms with E-state index in [9.17, 15) is 8.42 Å². The van der Waals surface area contributed by atoms with Crippen molar-refractivity contribution in [3.05, 3.63) is 0 Å². The molecule has 0 radical (unpaired) electrons. The van der Waals surface area contributed by atoms with Crippen LogP contribution in [-0.2, 0) is 14.8 Å². The molecule has 6 heteroatoms. The first-order chi connectivity index (χ1) is 7.95. The van der Waals surface area contributed by atoms with Crippen LogP contribution in [0, 0.1) is 0 Å². The smallest absolute Gasteiger partial charge is 0.214 e. The van der Waals surface area contributed by atoms with Crippen molar-refractivity contribution in [1.29, 1.82) is 0 Å². The molecular formula is C11H24N2O3S. The predicted octanol–water partition coefficient (Wildman–Crippen LogP) is 0.425. The van der Waals surface area contributed by atoms with Crippen molar-refractivity contribution in [3.8, 4) is 0 Å². The van der Waals surface area contributed by atoms with Crippen LogP contribution in [0.5, 0.6) is 0 Å². The Labute approximate surface area is 105 Å². The van der Waals surface area contributed by atoms with E-state index >= 15 is 0 Å². The molecule has 0 spiro atoms. The number of sulfonamides is 1. The van der Waals surface area contributed by atoms with Crippen LogP contribution < -0.4 is 5.32 Å². The molecule has 0 amide bonds. The van der Waals surface area contributed by atoms with Gasteiger partial charge in [0.2, 0.25) is 10.0 Å². The molecule has 0 bridgehead atoms. The zero-order valence-electron chi connectivity index (χ0n) is 11.0. The molecule has 0 aromatic carbocycles. The summed E-state index contributed by atoms with van der Waals surface area (Å²) < 4.78 is 29.6. The van der Waals surface area contributed by atoms with Gasteiger partial charge in [-0.3, -0.25) is 0 Å². The van der Waals surface area contributed by atoms with Gasteiger partial charge in [-0.2, -0.15) is 0 Å². The molecule has 0 atom stereocenters. The minimum atomic E-state index is -3.07. The van der Waals surface area contributed by atoms with Gasteiger partial charge in [0.15, 0.2) is 0 Å². The molecule has 0 aromatic rings. The maximum Gasteiger partial charge on any atom is 0.214 e. The first-order valence-electron chi connectivity index (χ1n) is 6.12. The van der Waals surface area contributed by atoms with Crippen LogP contribution in [0.4, 0.5) is 0 Å². The summed E-state index contributed by atoms with van der Waals surface area (Å²) >= 11 is 0. The van der Waals surface area contributed by atoms with Crippen molar-refractivity contribution >= 4 is 10.0 Å². The highest BCUT2D eigenvalue weighted by atomic mass is 32.2. The van der Waals surface area contributed by atoms with Crippen LogP contribution in [0.3, 0.4) is 0 Å². The largest absolute Gasteiger partial charge is 0.381 e. The third-order valence-corrected chi connectivity index (χ3v) is 5.19. The van der Waals surface area contributed by atoms with E-state index in [2.05, 4.69) is 5.32 Å². The van der Waals surface area contributed by atoms with E-state index in [1.807, 2.05) is 0 Å². The molecule has 102 valence electrons. The van der Waals surface area contributed by atoms with Crippen LogP contribution in [0.25, 0.3) is 0 Å². The molecule has 1 aliphatic carbocycles. The van der Waals surface area contributed by atoms with Gasteiger partial charge in [-0.25, -0.2) is 12.7 Å². The Kier molecular flexibility index (Phi) is 5.85. The number of rotatable bonds is 6. The second-order valence-corrected chi connectivity index (χ2v) is 7.06. The quantitative estimate of drug-likeness (QED) is 0.755. The maximum atomic E-state index is 11.5. The minimum absolute atomic E-state index is 0.171. The standard InChI is InChI=1S/C11H24N2O3S/c1-13(2)17(14,15)9-8-12-10-4-6-11(16-3)7-5-10/h10-12H,4-9H2,1-3H3. The Morgan fingerprint density at radius 3 is 2.29 bits per heavy atom. The predicted molar refractivity (Wildman–Crippen MR) is 68.5 cm³/mol. The molecule has 1 N–H and O–H groups in total. The van der Waals surface area contributed by atoms with Crippen molar-refractivity contribution in [2.45, 2.75) is 37.8 Å². The average Bonchev–Trinajstić information content (AvgIpc) is 2.29. The van der Waals surface area contributed by atoms with Crippen LogP contribution in [-0.4, -0.2) is 58.4 Å². The number of nitrogens with one attached hydrogen (secondary N) is 1. The zero-order chi connectivity index (χ0) is 12.9. The first kappa shape index (κ1) is 14.9. The Morgan fingerprint density at radius 1 is 1.24 bits per heavy atom. The van der Waals surface area contributed by atoms with Crippen molar-refractivity contribution in [2.24, 2.45) is 0 Å². The molecule has 0 heterocycles. The lowest BCUT2D eigenvalue weighted by Crippen LogP contribution is -2.39. The van der Waals surface area contributed by atoms with Gasteiger partial charge in [0.05, 0.1) is 11.9 Å².